The molecule has 0 spiro atoms. The smallest absolute Gasteiger partial charge is 0.0651 e. The van der Waals surface area contributed by atoms with Crippen molar-refractivity contribution in [2.45, 2.75) is 47.0 Å². The fraction of sp³-hybridized carbons (Fsp3) is 0.438. The molecule has 0 fully saturated rings. The van der Waals surface area contributed by atoms with Crippen molar-refractivity contribution in [2.75, 3.05) is 0 Å². The lowest BCUT2D eigenvalue weighted by Gasteiger charge is -2.19. The van der Waals surface area contributed by atoms with E-state index in [2.05, 4.69) is 70.5 Å². The zero-order chi connectivity index (χ0) is 13.5. The first-order chi connectivity index (χ1) is 8.30. The van der Waals surface area contributed by atoms with Crippen LogP contribution in [0, 0.1) is 20.8 Å². The standard InChI is InChI=1S/C16H22N2/c1-11-8-7-9-14(10-11)18-13(3)15(12(2)17-18)16(4,5)6/h7-10H,1-6H3. The third-order valence-electron chi connectivity index (χ3n) is 3.29. The van der Waals surface area contributed by atoms with Gasteiger partial charge >= 0.3 is 0 Å². The first-order valence-corrected chi connectivity index (χ1v) is 6.44. The summed E-state index contributed by atoms with van der Waals surface area (Å²) in [7, 11) is 0. The van der Waals surface area contributed by atoms with Crippen molar-refractivity contribution >= 4 is 0 Å². The van der Waals surface area contributed by atoms with Crippen LogP contribution < -0.4 is 0 Å². The van der Waals surface area contributed by atoms with Gasteiger partial charge in [0.15, 0.2) is 0 Å². The van der Waals surface area contributed by atoms with Gasteiger partial charge in [0.1, 0.15) is 0 Å². The minimum absolute atomic E-state index is 0.135. The average Bonchev–Trinajstić information content (AvgIpc) is 2.53. The molecule has 1 heterocycles. The minimum atomic E-state index is 0.135. The maximum atomic E-state index is 4.70. The van der Waals surface area contributed by atoms with Crippen molar-refractivity contribution < 1.29 is 0 Å². The summed E-state index contributed by atoms with van der Waals surface area (Å²) in [6.45, 7) is 13.1. The number of aromatic nitrogens is 2. The lowest BCUT2D eigenvalue weighted by molar-refractivity contribution is 0.581. The molecule has 0 atom stereocenters. The molecule has 96 valence electrons. The van der Waals surface area contributed by atoms with Gasteiger partial charge in [0.2, 0.25) is 0 Å². The Balaban J connectivity index is 2.61. The quantitative estimate of drug-likeness (QED) is 0.736. The molecule has 0 saturated heterocycles. The molecule has 0 saturated carbocycles. The fourth-order valence-corrected chi connectivity index (χ4v) is 2.74. The molecular weight excluding hydrogens is 220 g/mol. The fourth-order valence-electron chi connectivity index (χ4n) is 2.74. The van der Waals surface area contributed by atoms with Gasteiger partial charge in [0, 0.05) is 11.3 Å². The molecule has 2 rings (SSSR count). The van der Waals surface area contributed by atoms with E-state index in [0.717, 1.165) is 11.4 Å². The van der Waals surface area contributed by atoms with Gasteiger partial charge in [-0.25, -0.2) is 4.68 Å². The van der Waals surface area contributed by atoms with Crippen molar-refractivity contribution in [1.82, 2.24) is 9.78 Å². The lowest BCUT2D eigenvalue weighted by atomic mass is 9.85. The van der Waals surface area contributed by atoms with E-state index in [-0.39, 0.29) is 5.41 Å². The first-order valence-electron chi connectivity index (χ1n) is 6.44. The summed E-state index contributed by atoms with van der Waals surface area (Å²) < 4.78 is 2.06. The van der Waals surface area contributed by atoms with Crippen molar-refractivity contribution in [2.24, 2.45) is 0 Å². The van der Waals surface area contributed by atoms with Gasteiger partial charge < -0.3 is 0 Å². The lowest BCUT2D eigenvalue weighted by Crippen LogP contribution is -2.13. The molecule has 1 aromatic heterocycles. The van der Waals surface area contributed by atoms with Gasteiger partial charge in [-0.1, -0.05) is 32.9 Å². The number of benzene rings is 1. The highest BCUT2D eigenvalue weighted by atomic mass is 15.3. The number of hydrogen-bond donors (Lipinski definition) is 0. The zero-order valence-electron chi connectivity index (χ0n) is 12.2. The SMILES string of the molecule is Cc1cccc(-n2nc(C)c(C(C)(C)C)c2C)c1. The van der Waals surface area contributed by atoms with Crippen molar-refractivity contribution in [3.8, 4) is 5.69 Å². The molecule has 1 aromatic carbocycles. The van der Waals surface area contributed by atoms with Crippen LogP contribution in [0.5, 0.6) is 0 Å². The summed E-state index contributed by atoms with van der Waals surface area (Å²) in [5.41, 5.74) is 6.26. The van der Waals surface area contributed by atoms with Crippen LogP contribution in [0.1, 0.15) is 43.3 Å². The predicted octanol–water partition coefficient (Wildman–Crippen LogP) is 4.10. The molecule has 0 N–H and O–H groups in total. The third-order valence-corrected chi connectivity index (χ3v) is 3.29. The first kappa shape index (κ1) is 12.9. The highest BCUT2D eigenvalue weighted by molar-refractivity contribution is 5.41. The largest absolute Gasteiger partial charge is 0.238 e. The highest BCUT2D eigenvalue weighted by Crippen LogP contribution is 2.29. The molecule has 0 amide bonds. The second kappa shape index (κ2) is 4.27. The van der Waals surface area contributed by atoms with E-state index in [9.17, 15) is 0 Å². The molecule has 0 bridgehead atoms. The summed E-state index contributed by atoms with van der Waals surface area (Å²) in [4.78, 5) is 0. The third kappa shape index (κ3) is 2.20. The van der Waals surface area contributed by atoms with Crippen LogP contribution in [0.25, 0.3) is 5.69 Å². The normalized spacial score (nSPS) is 11.9. The van der Waals surface area contributed by atoms with E-state index in [4.69, 9.17) is 5.10 Å². The van der Waals surface area contributed by atoms with Gasteiger partial charge in [-0.15, -0.1) is 0 Å². The number of rotatable bonds is 1. The van der Waals surface area contributed by atoms with Gasteiger partial charge in [-0.2, -0.15) is 5.10 Å². The van der Waals surface area contributed by atoms with Crippen LogP contribution in [-0.4, -0.2) is 9.78 Å². The topological polar surface area (TPSA) is 17.8 Å². The second-order valence-electron chi connectivity index (χ2n) is 6.05. The Morgan fingerprint density at radius 1 is 1.06 bits per heavy atom. The van der Waals surface area contributed by atoms with Crippen molar-refractivity contribution in [3.05, 3.63) is 46.8 Å². The molecule has 0 aliphatic rings. The summed E-state index contributed by atoms with van der Waals surface area (Å²) >= 11 is 0. The maximum Gasteiger partial charge on any atom is 0.0651 e. The molecule has 0 unspecified atom stereocenters. The van der Waals surface area contributed by atoms with Gasteiger partial charge in [-0.3, -0.25) is 0 Å². The summed E-state index contributed by atoms with van der Waals surface area (Å²) in [5, 5.41) is 4.70. The van der Waals surface area contributed by atoms with Crippen LogP contribution in [-0.2, 0) is 5.41 Å². The summed E-state index contributed by atoms with van der Waals surface area (Å²) in [6, 6.07) is 8.47. The van der Waals surface area contributed by atoms with Crippen molar-refractivity contribution in [1.29, 1.82) is 0 Å². The molecule has 2 heteroatoms. The monoisotopic (exact) mass is 242 g/mol. The average molecular weight is 242 g/mol. The van der Waals surface area contributed by atoms with Crippen LogP contribution in [0.3, 0.4) is 0 Å². The second-order valence-corrected chi connectivity index (χ2v) is 6.05. The van der Waals surface area contributed by atoms with E-state index in [1.807, 2.05) is 0 Å². The van der Waals surface area contributed by atoms with Crippen LogP contribution in [0.15, 0.2) is 24.3 Å². The highest BCUT2D eigenvalue weighted by Gasteiger charge is 2.23. The molecular formula is C16H22N2. The van der Waals surface area contributed by atoms with E-state index in [0.29, 0.717) is 0 Å². The van der Waals surface area contributed by atoms with E-state index >= 15 is 0 Å². The number of nitrogens with zero attached hydrogens (tertiary/aromatic N) is 2. The van der Waals surface area contributed by atoms with Crippen molar-refractivity contribution in [3.63, 3.8) is 0 Å². The summed E-state index contributed by atoms with van der Waals surface area (Å²) in [5.74, 6) is 0. The Labute approximate surface area is 110 Å². The van der Waals surface area contributed by atoms with Gasteiger partial charge in [0.25, 0.3) is 0 Å². The van der Waals surface area contributed by atoms with Gasteiger partial charge in [-0.05, 0) is 43.9 Å². The summed E-state index contributed by atoms with van der Waals surface area (Å²) in [6.07, 6.45) is 0. The molecule has 0 aliphatic heterocycles. The molecule has 0 radical (unpaired) electrons. The maximum absolute atomic E-state index is 4.70. The molecule has 0 aliphatic carbocycles. The Kier molecular flexibility index (Phi) is 3.05. The molecule has 18 heavy (non-hydrogen) atoms. The predicted molar refractivity (Wildman–Crippen MR) is 76.5 cm³/mol. The molecule has 2 aromatic rings. The van der Waals surface area contributed by atoms with Crippen LogP contribution >= 0.6 is 0 Å². The van der Waals surface area contributed by atoms with E-state index < -0.39 is 0 Å². The van der Waals surface area contributed by atoms with Crippen LogP contribution in [0.4, 0.5) is 0 Å². The number of hydrogen-bond acceptors (Lipinski definition) is 1. The Morgan fingerprint density at radius 2 is 1.72 bits per heavy atom. The Bertz CT molecular complexity index is 571. The number of aryl methyl sites for hydroxylation is 2. The minimum Gasteiger partial charge on any atom is -0.238 e. The van der Waals surface area contributed by atoms with Crippen LogP contribution in [0.2, 0.25) is 0 Å². The Morgan fingerprint density at radius 3 is 2.22 bits per heavy atom. The molecule has 2 nitrogen and oxygen atoms in total. The zero-order valence-corrected chi connectivity index (χ0v) is 12.2. The van der Waals surface area contributed by atoms with E-state index in [1.54, 1.807) is 0 Å². The Hall–Kier alpha value is -1.57. The van der Waals surface area contributed by atoms with Gasteiger partial charge in [0.05, 0.1) is 11.4 Å². The van der Waals surface area contributed by atoms with E-state index in [1.165, 1.54) is 16.8 Å².